The van der Waals surface area contributed by atoms with Crippen LogP contribution in [0.25, 0.3) is 0 Å². The van der Waals surface area contributed by atoms with Gasteiger partial charge in [-0.15, -0.1) is 6.58 Å². The molecule has 0 aliphatic carbocycles. The van der Waals surface area contributed by atoms with Crippen LogP contribution in [0.2, 0.25) is 19.1 Å². The van der Waals surface area contributed by atoms with Crippen molar-refractivity contribution in [2.75, 3.05) is 19.6 Å². The largest absolute Gasteiger partial charge is 0.304 e. The Morgan fingerprint density at radius 2 is 1.79 bits per heavy atom. The third kappa shape index (κ3) is 4.96. The molecule has 84 valence electrons. The van der Waals surface area contributed by atoms with Gasteiger partial charge in [0.2, 0.25) is 0 Å². The zero-order valence-corrected chi connectivity index (χ0v) is 11.7. The molecule has 0 saturated carbocycles. The highest BCUT2D eigenvalue weighted by Crippen LogP contribution is 2.18. The molecule has 0 aliphatic heterocycles. The first-order valence-corrected chi connectivity index (χ1v) is 9.03. The van der Waals surface area contributed by atoms with E-state index in [0.29, 0.717) is 0 Å². The summed E-state index contributed by atoms with van der Waals surface area (Å²) in [5.41, 5.74) is 0. The Kier molecular flexibility index (Phi) is 6.37. The number of hydrogen-bond donors (Lipinski definition) is 0. The Bertz CT molecular complexity index is 175. The quantitative estimate of drug-likeness (QED) is 0.585. The monoisotopic (exact) mass is 213 g/mol. The Balaban J connectivity index is 3.95. The second kappa shape index (κ2) is 6.41. The molecule has 0 radical (unpaired) electrons. The third-order valence-electron chi connectivity index (χ3n) is 3.20. The van der Waals surface area contributed by atoms with Crippen LogP contribution in [-0.4, -0.2) is 32.6 Å². The molecule has 0 spiro atoms. The Morgan fingerprint density at radius 3 is 2.14 bits per heavy atom. The Hall–Kier alpha value is -0.0831. The van der Waals surface area contributed by atoms with Crippen LogP contribution in [0, 0.1) is 0 Å². The Labute approximate surface area is 91.2 Å². The number of hydrogen-bond acceptors (Lipinski definition) is 1. The normalized spacial score (nSPS) is 12.1. The molecule has 0 aromatic rings. The van der Waals surface area contributed by atoms with E-state index in [0.717, 1.165) is 0 Å². The van der Waals surface area contributed by atoms with Gasteiger partial charge in [0, 0.05) is 0 Å². The average Bonchev–Trinajstić information content (AvgIpc) is 2.12. The molecule has 0 unspecified atom stereocenters. The minimum absolute atomic E-state index is 1.12. The fourth-order valence-electron chi connectivity index (χ4n) is 1.40. The molecule has 0 rings (SSSR count). The van der Waals surface area contributed by atoms with E-state index in [9.17, 15) is 0 Å². The second-order valence-electron chi connectivity index (χ2n) is 4.85. The molecule has 0 amide bonds. The molecule has 0 aromatic carbocycles. The van der Waals surface area contributed by atoms with Crippen LogP contribution in [0.5, 0.6) is 0 Å². The van der Waals surface area contributed by atoms with Gasteiger partial charge >= 0.3 is 0 Å². The lowest BCUT2D eigenvalue weighted by Gasteiger charge is -2.27. The van der Waals surface area contributed by atoms with E-state index in [4.69, 9.17) is 0 Å². The van der Waals surface area contributed by atoms with Gasteiger partial charge in [-0.3, -0.25) is 0 Å². The predicted octanol–water partition coefficient (Wildman–Crippen LogP) is 3.54. The summed E-state index contributed by atoms with van der Waals surface area (Å²) in [6, 6.07) is 1.36. The molecule has 0 fully saturated rings. The summed E-state index contributed by atoms with van der Waals surface area (Å²) in [4.78, 5) is 2.55. The van der Waals surface area contributed by atoms with Gasteiger partial charge < -0.3 is 4.90 Å². The van der Waals surface area contributed by atoms with E-state index in [1.807, 2.05) is 0 Å². The van der Waals surface area contributed by atoms with Gasteiger partial charge in [0.25, 0.3) is 0 Å². The van der Waals surface area contributed by atoms with E-state index in [1.165, 1.54) is 37.3 Å². The van der Waals surface area contributed by atoms with Crippen LogP contribution in [0.15, 0.2) is 11.8 Å². The molecule has 0 N–H and O–H groups in total. The maximum Gasteiger partial charge on any atom is 0.0755 e. The summed E-state index contributed by atoms with van der Waals surface area (Å²) in [7, 11) is -1.12. The van der Waals surface area contributed by atoms with Crippen molar-refractivity contribution < 1.29 is 0 Å². The minimum Gasteiger partial charge on any atom is -0.304 e. The number of allylic oxidation sites excluding steroid dienone is 1. The van der Waals surface area contributed by atoms with E-state index >= 15 is 0 Å². The highest BCUT2D eigenvalue weighted by Gasteiger charge is 2.21. The lowest BCUT2D eigenvalue weighted by Crippen LogP contribution is -2.34. The van der Waals surface area contributed by atoms with E-state index in [1.54, 1.807) is 0 Å². The van der Waals surface area contributed by atoms with Crippen LogP contribution < -0.4 is 0 Å². The van der Waals surface area contributed by atoms with Crippen LogP contribution in [-0.2, 0) is 0 Å². The maximum atomic E-state index is 4.12. The number of rotatable bonds is 7. The molecule has 0 heterocycles. The summed E-state index contributed by atoms with van der Waals surface area (Å²) >= 11 is 0. The van der Waals surface area contributed by atoms with Crippen molar-refractivity contribution in [1.82, 2.24) is 4.90 Å². The zero-order valence-electron chi connectivity index (χ0n) is 10.7. The summed E-state index contributed by atoms with van der Waals surface area (Å²) in [5, 5.41) is 1.44. The molecule has 2 heteroatoms. The molecule has 0 atom stereocenters. The van der Waals surface area contributed by atoms with Crippen molar-refractivity contribution in [1.29, 1.82) is 0 Å². The van der Waals surface area contributed by atoms with Gasteiger partial charge in [-0.2, -0.15) is 0 Å². The molecule has 1 nitrogen and oxygen atoms in total. The van der Waals surface area contributed by atoms with Gasteiger partial charge in [-0.1, -0.05) is 32.1 Å². The molecule has 0 bridgehead atoms. The number of nitrogens with zero attached hydrogens (tertiary/aromatic N) is 1. The first-order valence-electron chi connectivity index (χ1n) is 5.82. The summed E-state index contributed by atoms with van der Waals surface area (Å²) in [6.07, 6.45) is 1.27. The van der Waals surface area contributed by atoms with Crippen LogP contribution in [0.1, 0.15) is 27.2 Å². The molecule has 0 aliphatic rings. The smallest absolute Gasteiger partial charge is 0.0755 e. The van der Waals surface area contributed by atoms with Crippen LogP contribution in [0.4, 0.5) is 0 Å². The summed E-state index contributed by atoms with van der Waals surface area (Å²) < 4.78 is 0. The van der Waals surface area contributed by atoms with Crippen LogP contribution >= 0.6 is 0 Å². The van der Waals surface area contributed by atoms with Crippen molar-refractivity contribution >= 4 is 8.07 Å². The first-order chi connectivity index (χ1) is 6.44. The minimum atomic E-state index is -1.12. The SMILES string of the molecule is C=C(C)[Si](C)(C)CCN(CC)CCC. The lowest BCUT2D eigenvalue weighted by atomic mass is 10.4. The van der Waals surface area contributed by atoms with Crippen molar-refractivity contribution in [2.24, 2.45) is 0 Å². The maximum absolute atomic E-state index is 4.12. The van der Waals surface area contributed by atoms with E-state index < -0.39 is 8.07 Å². The van der Waals surface area contributed by atoms with Gasteiger partial charge in [-0.25, -0.2) is 0 Å². The summed E-state index contributed by atoms with van der Waals surface area (Å²) in [6.45, 7) is 19.4. The standard InChI is InChI=1S/C12H27NSi/c1-7-9-13(8-2)10-11-14(5,6)12(3)4/h3,7-11H2,1-2,4-6H3. The third-order valence-corrected chi connectivity index (χ3v) is 6.98. The molecule has 14 heavy (non-hydrogen) atoms. The predicted molar refractivity (Wildman–Crippen MR) is 69.5 cm³/mol. The van der Waals surface area contributed by atoms with E-state index in [2.05, 4.69) is 45.3 Å². The van der Waals surface area contributed by atoms with Gasteiger partial charge in [0.1, 0.15) is 0 Å². The highest BCUT2D eigenvalue weighted by atomic mass is 28.3. The van der Waals surface area contributed by atoms with Gasteiger partial charge in [0.05, 0.1) is 8.07 Å². The van der Waals surface area contributed by atoms with Crippen molar-refractivity contribution in [3.05, 3.63) is 11.8 Å². The zero-order chi connectivity index (χ0) is 11.2. The van der Waals surface area contributed by atoms with Gasteiger partial charge in [-0.05, 0) is 39.0 Å². The van der Waals surface area contributed by atoms with Crippen molar-refractivity contribution in [2.45, 2.75) is 46.3 Å². The molecular formula is C12H27NSi. The fraction of sp³-hybridized carbons (Fsp3) is 0.833. The van der Waals surface area contributed by atoms with Crippen LogP contribution in [0.3, 0.4) is 0 Å². The van der Waals surface area contributed by atoms with Crippen molar-refractivity contribution in [3.63, 3.8) is 0 Å². The Morgan fingerprint density at radius 1 is 1.21 bits per heavy atom. The topological polar surface area (TPSA) is 3.24 Å². The lowest BCUT2D eigenvalue weighted by molar-refractivity contribution is 0.303. The highest BCUT2D eigenvalue weighted by molar-refractivity contribution is 6.84. The first kappa shape index (κ1) is 13.9. The average molecular weight is 213 g/mol. The molecule has 0 aromatic heterocycles. The van der Waals surface area contributed by atoms with Gasteiger partial charge in [0.15, 0.2) is 0 Å². The molecule has 0 saturated heterocycles. The van der Waals surface area contributed by atoms with Crippen molar-refractivity contribution in [3.8, 4) is 0 Å². The fourth-order valence-corrected chi connectivity index (χ4v) is 2.70. The summed E-state index contributed by atoms with van der Waals surface area (Å²) in [5.74, 6) is 0. The second-order valence-corrected chi connectivity index (χ2v) is 9.97. The molecular weight excluding hydrogens is 186 g/mol. The van der Waals surface area contributed by atoms with E-state index in [-0.39, 0.29) is 0 Å².